The fourth-order valence-electron chi connectivity index (χ4n) is 7.00. The largest absolute Gasteiger partial charge is 0.393 e. The van der Waals surface area contributed by atoms with Crippen LogP contribution in [-0.2, 0) is 9.59 Å². The van der Waals surface area contributed by atoms with E-state index < -0.39 is 53.7 Å². The molecule has 3 fully saturated rings. The Balaban J connectivity index is 1.81. The number of aliphatic hydroxyl groups excluding tert-OH is 2. The maximum Gasteiger partial charge on any atom is 0.247 e. The van der Waals surface area contributed by atoms with Crippen molar-refractivity contribution in [1.82, 2.24) is 0 Å². The van der Waals surface area contributed by atoms with E-state index in [4.69, 9.17) is 0 Å². The lowest BCUT2D eigenvalue weighted by atomic mass is 9.46. The van der Waals surface area contributed by atoms with Crippen LogP contribution in [0.4, 0.5) is 8.78 Å². The third-order valence-corrected chi connectivity index (χ3v) is 8.22. The van der Waals surface area contributed by atoms with Crippen LogP contribution in [0.2, 0.25) is 0 Å². The Hall–Kier alpha value is -1.44. The predicted octanol–water partition coefficient (Wildman–Crippen LogP) is 1.80. The van der Waals surface area contributed by atoms with Gasteiger partial charge in [0, 0.05) is 11.3 Å². The normalized spacial score (nSPS) is 47.4. The van der Waals surface area contributed by atoms with Crippen molar-refractivity contribution in [2.24, 2.45) is 28.6 Å². The van der Waals surface area contributed by atoms with Gasteiger partial charge in [0.25, 0.3) is 0 Å². The zero-order chi connectivity index (χ0) is 20.5. The number of carbonyl (C=O) groups is 2. The molecule has 7 atom stereocenters. The molecule has 28 heavy (non-hydrogen) atoms. The third-order valence-electron chi connectivity index (χ3n) is 8.22. The van der Waals surface area contributed by atoms with Crippen molar-refractivity contribution in [3.8, 4) is 0 Å². The highest BCUT2D eigenvalue weighted by Crippen LogP contribution is 2.68. The van der Waals surface area contributed by atoms with E-state index in [-0.39, 0.29) is 30.5 Å². The van der Waals surface area contributed by atoms with Crippen LogP contribution in [0.3, 0.4) is 0 Å². The van der Waals surface area contributed by atoms with E-state index in [2.05, 4.69) is 0 Å². The average Bonchev–Trinajstić information content (AvgIpc) is 2.96. The second-order valence-corrected chi connectivity index (χ2v) is 9.12. The van der Waals surface area contributed by atoms with Crippen molar-refractivity contribution in [2.75, 3.05) is 6.61 Å². The first kappa shape index (κ1) is 19.9. The smallest absolute Gasteiger partial charge is 0.247 e. The number of aliphatic hydroxyl groups is 3. The third kappa shape index (κ3) is 2.27. The van der Waals surface area contributed by atoms with Crippen LogP contribution in [0.5, 0.6) is 0 Å². The Kier molecular flexibility index (Phi) is 4.45. The number of allylic oxidation sites excluding steroid dienone is 4. The highest BCUT2D eigenvalue weighted by molar-refractivity contribution is 6.01. The summed E-state index contributed by atoms with van der Waals surface area (Å²) in [4.78, 5) is 24.1. The Morgan fingerprint density at radius 3 is 2.71 bits per heavy atom. The van der Waals surface area contributed by atoms with Gasteiger partial charge in [-0.1, -0.05) is 18.6 Å². The first-order chi connectivity index (χ1) is 13.1. The summed E-state index contributed by atoms with van der Waals surface area (Å²) in [6.07, 6.45) is 1.47. The topological polar surface area (TPSA) is 94.8 Å². The number of alkyl halides is 2. The number of hydrogen-bond acceptors (Lipinski definition) is 5. The lowest BCUT2D eigenvalue weighted by molar-refractivity contribution is -0.222. The van der Waals surface area contributed by atoms with Crippen molar-refractivity contribution in [2.45, 2.75) is 57.2 Å². The second-order valence-electron chi connectivity index (χ2n) is 9.12. The van der Waals surface area contributed by atoms with E-state index in [1.54, 1.807) is 12.2 Å². The fourth-order valence-corrected chi connectivity index (χ4v) is 7.00. The molecule has 7 heteroatoms. The Morgan fingerprint density at radius 2 is 2.07 bits per heavy atom. The van der Waals surface area contributed by atoms with Gasteiger partial charge in [0.15, 0.2) is 11.6 Å². The van der Waals surface area contributed by atoms with Crippen LogP contribution >= 0.6 is 0 Å². The first-order valence-electron chi connectivity index (χ1n) is 9.89. The lowest BCUT2D eigenvalue weighted by Gasteiger charge is -2.60. The molecule has 0 bridgehead atoms. The molecule has 0 amide bonds. The van der Waals surface area contributed by atoms with Gasteiger partial charge in [-0.15, -0.1) is 0 Å². The molecule has 0 saturated heterocycles. The van der Waals surface area contributed by atoms with E-state index in [1.165, 1.54) is 6.08 Å². The minimum Gasteiger partial charge on any atom is -0.393 e. The summed E-state index contributed by atoms with van der Waals surface area (Å²) < 4.78 is 29.0. The molecule has 0 aromatic rings. The molecule has 0 heterocycles. The number of fused-ring (bicyclic) bond motifs is 5. The highest BCUT2D eigenvalue weighted by atomic mass is 19.3. The van der Waals surface area contributed by atoms with Crippen molar-refractivity contribution < 1.29 is 33.7 Å². The van der Waals surface area contributed by atoms with Crippen LogP contribution in [0.25, 0.3) is 0 Å². The molecule has 3 N–H and O–H groups in total. The van der Waals surface area contributed by atoms with Crippen molar-refractivity contribution in [3.05, 3.63) is 23.8 Å². The van der Waals surface area contributed by atoms with Gasteiger partial charge in [-0.2, -0.15) is 0 Å². The summed E-state index contributed by atoms with van der Waals surface area (Å²) in [6.45, 7) is 0.925. The van der Waals surface area contributed by atoms with Crippen molar-refractivity contribution in [1.29, 1.82) is 0 Å². The van der Waals surface area contributed by atoms with Gasteiger partial charge in [-0.3, -0.25) is 9.59 Å². The van der Waals surface area contributed by atoms with Crippen LogP contribution in [-0.4, -0.2) is 51.6 Å². The van der Waals surface area contributed by atoms with Crippen LogP contribution in [0, 0.1) is 28.6 Å². The Labute approximate surface area is 162 Å². The number of halogens is 2. The predicted molar refractivity (Wildman–Crippen MR) is 95.4 cm³/mol. The van der Waals surface area contributed by atoms with E-state index in [1.807, 2.05) is 6.92 Å². The molecule has 5 nitrogen and oxygen atoms in total. The average molecular weight is 396 g/mol. The molecule has 154 valence electrons. The molecular weight excluding hydrogens is 370 g/mol. The molecule has 0 radical (unpaired) electrons. The molecule has 1 unspecified atom stereocenters. The summed E-state index contributed by atoms with van der Waals surface area (Å²) in [7, 11) is 0. The summed E-state index contributed by atoms with van der Waals surface area (Å²) in [5.41, 5.74) is -4.09. The molecule has 0 aliphatic heterocycles. The molecule has 4 aliphatic carbocycles. The highest BCUT2D eigenvalue weighted by Gasteiger charge is 2.73. The fraction of sp³-hybridized carbons (Fsp3) is 0.714. The summed E-state index contributed by atoms with van der Waals surface area (Å²) in [6, 6.07) is 0. The number of Topliss-reactive ketones (excluding diaryl/α,β-unsaturated/α-hetero) is 1. The van der Waals surface area contributed by atoms with Crippen molar-refractivity contribution in [3.63, 3.8) is 0 Å². The maximum atomic E-state index is 14.5. The molecule has 0 aromatic heterocycles. The molecule has 0 aromatic carbocycles. The number of ketones is 2. The van der Waals surface area contributed by atoms with Gasteiger partial charge in [0.2, 0.25) is 6.43 Å². The summed E-state index contributed by atoms with van der Waals surface area (Å²) in [5, 5.41) is 31.4. The Morgan fingerprint density at radius 1 is 1.36 bits per heavy atom. The van der Waals surface area contributed by atoms with E-state index in [0.29, 0.717) is 12.8 Å². The van der Waals surface area contributed by atoms with Gasteiger partial charge in [0.1, 0.15) is 12.2 Å². The van der Waals surface area contributed by atoms with Crippen LogP contribution in [0.1, 0.15) is 39.0 Å². The van der Waals surface area contributed by atoms with E-state index in [0.717, 1.165) is 5.57 Å². The SMILES string of the molecule is C[C@]12C=CC(=O)C=C1CC[C@@H]1[C@@H]2C(O)C[C@@]2(C(F)F)[C@H]1CC[C@]2(O)C(=O)CO. The minimum absolute atomic E-state index is 0.109. The van der Waals surface area contributed by atoms with E-state index >= 15 is 0 Å². The van der Waals surface area contributed by atoms with Crippen LogP contribution < -0.4 is 0 Å². The molecule has 4 rings (SSSR count). The maximum absolute atomic E-state index is 14.5. The molecular formula is C21H26F2O5. The van der Waals surface area contributed by atoms with Gasteiger partial charge in [-0.05, 0) is 56.1 Å². The number of rotatable bonds is 3. The van der Waals surface area contributed by atoms with Crippen molar-refractivity contribution >= 4 is 11.6 Å². The molecule has 0 spiro atoms. The van der Waals surface area contributed by atoms with Crippen LogP contribution in [0.15, 0.2) is 23.8 Å². The summed E-state index contributed by atoms with van der Waals surface area (Å²) >= 11 is 0. The zero-order valence-corrected chi connectivity index (χ0v) is 15.8. The van der Waals surface area contributed by atoms with Gasteiger partial charge in [0.05, 0.1) is 11.5 Å². The number of carbonyl (C=O) groups excluding carboxylic acids is 2. The quantitative estimate of drug-likeness (QED) is 0.676. The van der Waals surface area contributed by atoms with E-state index in [9.17, 15) is 33.7 Å². The molecule has 4 aliphatic rings. The first-order valence-corrected chi connectivity index (χ1v) is 9.89. The Bertz CT molecular complexity index is 777. The standard InChI is InChI=1S/C21H26F2O5/c1-19-6-4-12(25)8-11(19)2-3-13-14-5-7-21(28,16(27)10-24)20(14,18(22)23)9-15(26)17(13)19/h4,6,8,13-15,17-18,24,26,28H,2-3,5,7,9-10H2,1H3/t13-,14-,15?,17+,19-,20-,21-/m0/s1. The zero-order valence-electron chi connectivity index (χ0n) is 15.8. The monoisotopic (exact) mass is 396 g/mol. The van der Waals surface area contributed by atoms with Gasteiger partial charge in [-0.25, -0.2) is 8.78 Å². The van der Waals surface area contributed by atoms with Gasteiger partial charge < -0.3 is 15.3 Å². The lowest BCUT2D eigenvalue weighted by Crippen LogP contribution is -2.65. The summed E-state index contributed by atoms with van der Waals surface area (Å²) in [5.74, 6) is -2.40. The molecule has 3 saturated carbocycles. The minimum atomic E-state index is -3.00. The van der Waals surface area contributed by atoms with Gasteiger partial charge >= 0.3 is 0 Å². The number of hydrogen-bond donors (Lipinski definition) is 3. The second kappa shape index (κ2) is 6.28.